The van der Waals surface area contributed by atoms with Gasteiger partial charge in [-0.15, -0.1) is 0 Å². The molecule has 3 aromatic rings. The normalized spacial score (nSPS) is 16.0. The zero-order valence-corrected chi connectivity index (χ0v) is 17.6. The fourth-order valence-electron chi connectivity index (χ4n) is 3.78. The van der Waals surface area contributed by atoms with Crippen molar-refractivity contribution in [1.29, 1.82) is 0 Å². The maximum Gasteiger partial charge on any atom is 0.407 e. The van der Waals surface area contributed by atoms with E-state index in [2.05, 4.69) is 15.3 Å². The maximum absolute atomic E-state index is 14.5. The molecule has 1 saturated heterocycles. The molecule has 31 heavy (non-hydrogen) atoms. The number of aromatic nitrogens is 2. The van der Waals surface area contributed by atoms with Crippen molar-refractivity contribution in [1.82, 2.24) is 15.3 Å². The van der Waals surface area contributed by atoms with E-state index in [-0.39, 0.29) is 23.2 Å². The molecule has 1 aliphatic heterocycles. The van der Waals surface area contributed by atoms with Crippen molar-refractivity contribution >= 4 is 22.8 Å². The Balaban J connectivity index is 1.70. The van der Waals surface area contributed by atoms with Crippen molar-refractivity contribution in [3.63, 3.8) is 0 Å². The summed E-state index contributed by atoms with van der Waals surface area (Å²) < 4.78 is 19.6. The Morgan fingerprint density at radius 3 is 2.94 bits per heavy atom. The highest BCUT2D eigenvalue weighted by Gasteiger charge is 2.28. The van der Waals surface area contributed by atoms with Crippen LogP contribution in [0.5, 0.6) is 5.75 Å². The molecule has 0 unspecified atom stereocenters. The highest BCUT2D eigenvalue weighted by molar-refractivity contribution is 5.92. The summed E-state index contributed by atoms with van der Waals surface area (Å²) in [5.74, 6) is -0.0217. The van der Waals surface area contributed by atoms with Crippen LogP contribution in [-0.2, 0) is 4.74 Å². The van der Waals surface area contributed by atoms with Crippen LogP contribution >= 0.6 is 0 Å². The van der Waals surface area contributed by atoms with Gasteiger partial charge in [-0.05, 0) is 49.6 Å². The lowest BCUT2D eigenvalue weighted by molar-refractivity contribution is 0.143. The third-order valence-electron chi connectivity index (χ3n) is 5.29. The Hall–Kier alpha value is -3.42. The number of amides is 1. The summed E-state index contributed by atoms with van der Waals surface area (Å²) in [6.07, 6.45) is 1.08. The molecule has 162 valence electrons. The molecule has 4 rings (SSSR count). The molecule has 8 heteroatoms. The zero-order valence-electron chi connectivity index (χ0n) is 17.6. The SMILES string of the molecule is CCCOC(=O)N[C@@H]1CCN(c2nc(-c3c(O)cccc3F)nc3cc(C)ccc23)C1. The topological polar surface area (TPSA) is 87.6 Å². The van der Waals surface area contributed by atoms with Gasteiger partial charge in [0, 0.05) is 18.5 Å². The number of anilines is 1. The van der Waals surface area contributed by atoms with E-state index in [1.54, 1.807) is 0 Å². The lowest BCUT2D eigenvalue weighted by Gasteiger charge is -2.21. The molecule has 0 radical (unpaired) electrons. The second-order valence-electron chi connectivity index (χ2n) is 7.74. The van der Waals surface area contributed by atoms with Crippen molar-refractivity contribution in [2.75, 3.05) is 24.6 Å². The highest BCUT2D eigenvalue weighted by Crippen LogP contribution is 2.34. The molecule has 2 heterocycles. The molecule has 7 nitrogen and oxygen atoms in total. The minimum atomic E-state index is -0.586. The van der Waals surface area contributed by atoms with Crippen LogP contribution in [0.2, 0.25) is 0 Å². The van der Waals surface area contributed by atoms with Crippen LogP contribution in [0.3, 0.4) is 0 Å². The smallest absolute Gasteiger partial charge is 0.407 e. The standard InChI is InChI=1S/C23H25FN4O3/c1-3-11-31-23(30)25-15-9-10-28(13-15)22-16-8-7-14(2)12-18(16)26-21(27-22)20-17(24)5-4-6-19(20)29/h4-8,12,15,29H,3,9-11,13H2,1-2H3,(H,25,30)/t15-/m1/s1. The van der Waals surface area contributed by atoms with Gasteiger partial charge in [0.2, 0.25) is 0 Å². The molecule has 2 N–H and O–H groups in total. The Morgan fingerprint density at radius 2 is 2.16 bits per heavy atom. The van der Waals surface area contributed by atoms with Gasteiger partial charge in [0.25, 0.3) is 0 Å². The Bertz CT molecular complexity index is 1100. The second kappa shape index (κ2) is 8.75. The van der Waals surface area contributed by atoms with Crippen LogP contribution in [0.25, 0.3) is 22.3 Å². The number of carbonyl (C=O) groups excluding carboxylic acids is 1. The number of aromatic hydroxyl groups is 1. The minimum Gasteiger partial charge on any atom is -0.507 e. The first-order valence-electron chi connectivity index (χ1n) is 10.4. The number of carbonyl (C=O) groups is 1. The molecule has 1 fully saturated rings. The van der Waals surface area contributed by atoms with Crippen LogP contribution < -0.4 is 10.2 Å². The van der Waals surface area contributed by atoms with Gasteiger partial charge in [0.1, 0.15) is 17.4 Å². The largest absolute Gasteiger partial charge is 0.507 e. The van der Waals surface area contributed by atoms with E-state index in [0.29, 0.717) is 31.0 Å². The summed E-state index contributed by atoms with van der Waals surface area (Å²) >= 11 is 0. The van der Waals surface area contributed by atoms with E-state index in [1.807, 2.05) is 36.9 Å². The van der Waals surface area contributed by atoms with Gasteiger partial charge < -0.3 is 20.1 Å². The number of phenols is 1. The number of nitrogens with zero attached hydrogens (tertiary/aromatic N) is 3. The number of rotatable bonds is 5. The molecular weight excluding hydrogens is 399 g/mol. The van der Waals surface area contributed by atoms with Gasteiger partial charge in [0.15, 0.2) is 5.82 Å². The third-order valence-corrected chi connectivity index (χ3v) is 5.29. The average Bonchev–Trinajstić information content (AvgIpc) is 3.19. The number of benzene rings is 2. The van der Waals surface area contributed by atoms with Gasteiger partial charge >= 0.3 is 6.09 Å². The summed E-state index contributed by atoms with van der Waals surface area (Å²) in [7, 11) is 0. The summed E-state index contributed by atoms with van der Waals surface area (Å²) in [5, 5.41) is 14.0. The molecule has 1 amide bonds. The first-order valence-corrected chi connectivity index (χ1v) is 10.4. The van der Waals surface area contributed by atoms with Crippen molar-refractivity contribution in [2.24, 2.45) is 0 Å². The van der Waals surface area contributed by atoms with Gasteiger partial charge in [0.05, 0.1) is 23.7 Å². The molecule has 0 bridgehead atoms. The number of nitrogens with one attached hydrogen (secondary N) is 1. The van der Waals surface area contributed by atoms with Crippen LogP contribution in [0.1, 0.15) is 25.3 Å². The average molecular weight is 424 g/mol. The predicted octanol–water partition coefficient (Wildman–Crippen LogP) is 4.16. The number of alkyl carbamates (subject to hydrolysis) is 1. The number of ether oxygens (including phenoxy) is 1. The van der Waals surface area contributed by atoms with E-state index in [0.717, 1.165) is 23.8 Å². The first kappa shape index (κ1) is 20.8. The molecule has 1 aromatic heterocycles. The summed E-state index contributed by atoms with van der Waals surface area (Å²) in [6, 6.07) is 9.88. The monoisotopic (exact) mass is 424 g/mol. The van der Waals surface area contributed by atoms with E-state index in [9.17, 15) is 14.3 Å². The van der Waals surface area contributed by atoms with E-state index in [1.165, 1.54) is 18.2 Å². The Labute approximate surface area is 179 Å². The molecular formula is C23H25FN4O3. The van der Waals surface area contributed by atoms with Crippen LogP contribution in [-0.4, -0.2) is 46.9 Å². The molecule has 0 spiro atoms. The van der Waals surface area contributed by atoms with Gasteiger partial charge in [-0.1, -0.05) is 19.1 Å². The van der Waals surface area contributed by atoms with E-state index < -0.39 is 11.9 Å². The number of hydrogen-bond donors (Lipinski definition) is 2. The molecule has 2 aromatic carbocycles. The number of hydrogen-bond acceptors (Lipinski definition) is 6. The van der Waals surface area contributed by atoms with E-state index in [4.69, 9.17) is 4.74 Å². The third kappa shape index (κ3) is 4.38. The number of aryl methyl sites for hydroxylation is 1. The predicted molar refractivity (Wildman–Crippen MR) is 117 cm³/mol. The Kier molecular flexibility index (Phi) is 5.88. The molecule has 1 atom stereocenters. The lowest BCUT2D eigenvalue weighted by atomic mass is 10.1. The summed E-state index contributed by atoms with van der Waals surface area (Å²) in [5.41, 5.74) is 1.66. The van der Waals surface area contributed by atoms with Gasteiger partial charge in [-0.25, -0.2) is 19.2 Å². The number of fused-ring (bicyclic) bond motifs is 1. The van der Waals surface area contributed by atoms with Crippen LogP contribution in [0.4, 0.5) is 15.0 Å². The molecule has 0 saturated carbocycles. The number of halogens is 1. The number of phenolic OH excluding ortho intramolecular Hbond substituents is 1. The van der Waals surface area contributed by atoms with Crippen LogP contribution in [0.15, 0.2) is 36.4 Å². The van der Waals surface area contributed by atoms with Crippen LogP contribution in [0, 0.1) is 12.7 Å². The minimum absolute atomic E-state index is 0.0239. The highest BCUT2D eigenvalue weighted by atomic mass is 19.1. The zero-order chi connectivity index (χ0) is 22.0. The maximum atomic E-state index is 14.5. The van der Waals surface area contributed by atoms with E-state index >= 15 is 0 Å². The molecule has 1 aliphatic rings. The second-order valence-corrected chi connectivity index (χ2v) is 7.74. The van der Waals surface area contributed by atoms with Crippen molar-refractivity contribution in [3.8, 4) is 17.1 Å². The fourth-order valence-corrected chi connectivity index (χ4v) is 3.78. The Morgan fingerprint density at radius 1 is 1.32 bits per heavy atom. The summed E-state index contributed by atoms with van der Waals surface area (Å²) in [4.78, 5) is 23.1. The van der Waals surface area contributed by atoms with Crippen molar-refractivity contribution in [3.05, 3.63) is 47.8 Å². The van der Waals surface area contributed by atoms with Gasteiger partial charge in [-0.2, -0.15) is 0 Å². The fraction of sp³-hybridized carbons (Fsp3) is 0.348. The molecule has 0 aliphatic carbocycles. The quantitative estimate of drug-likeness (QED) is 0.639. The first-order chi connectivity index (χ1) is 15.0. The van der Waals surface area contributed by atoms with Crippen molar-refractivity contribution < 1.29 is 19.0 Å². The van der Waals surface area contributed by atoms with Crippen molar-refractivity contribution in [2.45, 2.75) is 32.7 Å². The summed E-state index contributed by atoms with van der Waals surface area (Å²) in [6.45, 7) is 5.50. The lowest BCUT2D eigenvalue weighted by Crippen LogP contribution is -2.37. The van der Waals surface area contributed by atoms with Gasteiger partial charge in [-0.3, -0.25) is 0 Å².